The molecule has 1 aromatic carbocycles. The lowest BCUT2D eigenvalue weighted by Crippen LogP contribution is -2.27. The predicted octanol–water partition coefficient (Wildman–Crippen LogP) is 2.34. The van der Waals surface area contributed by atoms with Crippen LogP contribution in [0.5, 0.6) is 11.5 Å². The summed E-state index contributed by atoms with van der Waals surface area (Å²) in [6, 6.07) is 5.62. The molecular weight excluding hydrogens is 302 g/mol. The van der Waals surface area contributed by atoms with Crippen molar-refractivity contribution in [1.29, 1.82) is 5.26 Å². The van der Waals surface area contributed by atoms with E-state index in [1.54, 1.807) is 18.6 Å². The molecule has 0 saturated heterocycles. The van der Waals surface area contributed by atoms with Crippen LogP contribution in [0.25, 0.3) is 6.08 Å². The molecule has 1 amide bonds. The number of nitriles is 1. The monoisotopic (exact) mass is 315 g/mol. The van der Waals surface area contributed by atoms with Crippen molar-refractivity contribution in [2.24, 2.45) is 0 Å². The van der Waals surface area contributed by atoms with Crippen LogP contribution < -0.4 is 5.32 Å². The third-order valence-electron chi connectivity index (χ3n) is 2.90. The van der Waals surface area contributed by atoms with Gasteiger partial charge in [0.25, 0.3) is 5.91 Å². The molecule has 0 aliphatic heterocycles. The summed E-state index contributed by atoms with van der Waals surface area (Å²) < 4.78 is 0. The van der Waals surface area contributed by atoms with E-state index in [9.17, 15) is 15.0 Å². The lowest BCUT2D eigenvalue weighted by Gasteiger charge is -2.11. The minimum absolute atomic E-state index is 0.0959. The topological polar surface area (TPSA) is 106 Å². The number of nitrogens with one attached hydrogen (secondary N) is 1. The number of nitrogens with zero attached hydrogens (tertiary/aromatic N) is 2. The van der Waals surface area contributed by atoms with E-state index in [0.717, 1.165) is 4.88 Å². The van der Waals surface area contributed by atoms with Gasteiger partial charge in [-0.2, -0.15) is 5.26 Å². The van der Waals surface area contributed by atoms with Gasteiger partial charge in [-0.15, -0.1) is 11.3 Å². The van der Waals surface area contributed by atoms with Crippen LogP contribution in [-0.4, -0.2) is 21.1 Å². The third kappa shape index (κ3) is 3.62. The smallest absolute Gasteiger partial charge is 0.262 e. The average molecular weight is 315 g/mol. The van der Waals surface area contributed by atoms with E-state index < -0.39 is 5.91 Å². The first-order chi connectivity index (χ1) is 10.5. The average Bonchev–Trinajstić information content (AvgIpc) is 3.02. The lowest BCUT2D eigenvalue weighted by atomic mass is 10.1. The number of rotatable bonds is 4. The standard InChI is InChI=1S/C15H13N3O3S/c1-9(14-7-17-8-22-14)18-15(21)11(6-16)4-10-2-3-12(19)13(20)5-10/h2-5,7-9,19-20H,1H3,(H,18,21)/b11-4+. The van der Waals surface area contributed by atoms with Crippen LogP contribution in [0, 0.1) is 11.3 Å². The van der Waals surface area contributed by atoms with Gasteiger partial charge in [-0.3, -0.25) is 9.78 Å². The molecule has 0 aliphatic carbocycles. The highest BCUT2D eigenvalue weighted by molar-refractivity contribution is 7.09. The molecule has 1 aromatic heterocycles. The van der Waals surface area contributed by atoms with Crippen LogP contribution in [0.15, 0.2) is 35.5 Å². The van der Waals surface area contributed by atoms with Crippen LogP contribution in [0.4, 0.5) is 0 Å². The van der Waals surface area contributed by atoms with Crippen molar-refractivity contribution in [2.75, 3.05) is 0 Å². The zero-order chi connectivity index (χ0) is 16.1. The Balaban J connectivity index is 2.16. The van der Waals surface area contributed by atoms with E-state index in [1.165, 1.54) is 35.6 Å². The number of thiazole rings is 1. The van der Waals surface area contributed by atoms with Gasteiger partial charge in [0.05, 0.1) is 11.6 Å². The molecule has 6 nitrogen and oxygen atoms in total. The van der Waals surface area contributed by atoms with Crippen LogP contribution in [0.3, 0.4) is 0 Å². The molecule has 2 rings (SSSR count). The van der Waals surface area contributed by atoms with Gasteiger partial charge >= 0.3 is 0 Å². The van der Waals surface area contributed by atoms with Crippen molar-refractivity contribution >= 4 is 23.3 Å². The first-order valence-electron chi connectivity index (χ1n) is 6.34. The third-order valence-corrected chi connectivity index (χ3v) is 3.86. The zero-order valence-electron chi connectivity index (χ0n) is 11.6. The van der Waals surface area contributed by atoms with Gasteiger partial charge < -0.3 is 15.5 Å². The van der Waals surface area contributed by atoms with E-state index in [2.05, 4.69) is 10.3 Å². The summed E-state index contributed by atoms with van der Waals surface area (Å²) in [5.74, 6) is -1.10. The molecule has 7 heteroatoms. The minimum Gasteiger partial charge on any atom is -0.504 e. The van der Waals surface area contributed by atoms with Gasteiger partial charge in [-0.05, 0) is 30.7 Å². The highest BCUT2D eigenvalue weighted by Gasteiger charge is 2.15. The van der Waals surface area contributed by atoms with Crippen molar-refractivity contribution in [3.63, 3.8) is 0 Å². The molecule has 112 valence electrons. The quantitative estimate of drug-likeness (QED) is 0.456. The first kappa shape index (κ1) is 15.5. The number of hydrogen-bond acceptors (Lipinski definition) is 6. The van der Waals surface area contributed by atoms with Crippen molar-refractivity contribution in [1.82, 2.24) is 10.3 Å². The Bertz CT molecular complexity index is 748. The Morgan fingerprint density at radius 2 is 2.23 bits per heavy atom. The van der Waals surface area contributed by atoms with Gasteiger partial charge in [0.15, 0.2) is 11.5 Å². The van der Waals surface area contributed by atoms with Crippen LogP contribution in [0.1, 0.15) is 23.4 Å². The summed E-state index contributed by atoms with van der Waals surface area (Å²) in [6.45, 7) is 1.80. The molecule has 0 fully saturated rings. The predicted molar refractivity (Wildman–Crippen MR) is 82.0 cm³/mol. The Morgan fingerprint density at radius 3 is 2.82 bits per heavy atom. The lowest BCUT2D eigenvalue weighted by molar-refractivity contribution is -0.117. The summed E-state index contributed by atoms with van der Waals surface area (Å²) in [7, 11) is 0. The summed E-state index contributed by atoms with van der Waals surface area (Å²) in [4.78, 5) is 16.9. The molecule has 3 N–H and O–H groups in total. The number of carbonyl (C=O) groups is 1. The van der Waals surface area contributed by atoms with Gasteiger partial charge in [0.1, 0.15) is 11.6 Å². The van der Waals surface area contributed by atoms with E-state index in [1.807, 2.05) is 6.07 Å². The number of phenols is 2. The second-order valence-corrected chi connectivity index (χ2v) is 5.43. The number of amides is 1. The first-order valence-corrected chi connectivity index (χ1v) is 7.22. The highest BCUT2D eigenvalue weighted by atomic mass is 32.1. The molecule has 2 aromatic rings. The zero-order valence-corrected chi connectivity index (χ0v) is 12.5. The molecule has 1 atom stereocenters. The summed E-state index contributed by atoms with van der Waals surface area (Å²) >= 11 is 1.41. The maximum Gasteiger partial charge on any atom is 0.262 e. The highest BCUT2D eigenvalue weighted by Crippen LogP contribution is 2.26. The van der Waals surface area contributed by atoms with E-state index in [0.29, 0.717) is 5.56 Å². The second kappa shape index (κ2) is 6.74. The Kier molecular flexibility index (Phi) is 4.76. The SMILES string of the molecule is CC(NC(=O)/C(C#N)=C/c1ccc(O)c(O)c1)c1cncs1. The maximum atomic E-state index is 12.1. The molecule has 1 heterocycles. The van der Waals surface area contributed by atoms with E-state index >= 15 is 0 Å². The fourth-order valence-corrected chi connectivity index (χ4v) is 2.36. The van der Waals surface area contributed by atoms with Crippen molar-refractivity contribution in [2.45, 2.75) is 13.0 Å². The second-order valence-electron chi connectivity index (χ2n) is 4.52. The van der Waals surface area contributed by atoms with Crippen molar-refractivity contribution in [3.8, 4) is 17.6 Å². The molecule has 1 unspecified atom stereocenters. The summed E-state index contributed by atoms with van der Waals surface area (Å²) in [5, 5.41) is 30.5. The number of hydrogen-bond donors (Lipinski definition) is 3. The van der Waals surface area contributed by atoms with Crippen LogP contribution in [-0.2, 0) is 4.79 Å². The molecular formula is C15H13N3O3S. The van der Waals surface area contributed by atoms with Crippen molar-refractivity contribution < 1.29 is 15.0 Å². The van der Waals surface area contributed by atoms with Crippen LogP contribution >= 0.6 is 11.3 Å². The summed E-state index contributed by atoms with van der Waals surface area (Å²) in [5.41, 5.74) is 2.01. The van der Waals surface area contributed by atoms with E-state index in [-0.39, 0.29) is 23.1 Å². The van der Waals surface area contributed by atoms with Gasteiger partial charge in [-0.25, -0.2) is 0 Å². The number of carbonyl (C=O) groups excluding carboxylic acids is 1. The summed E-state index contributed by atoms with van der Waals surface area (Å²) in [6.07, 6.45) is 3.00. The Hall–Kier alpha value is -2.85. The minimum atomic E-state index is -0.518. The number of aromatic hydroxyl groups is 2. The fraction of sp³-hybridized carbons (Fsp3) is 0.133. The number of aromatic nitrogens is 1. The van der Waals surface area contributed by atoms with Gasteiger partial charge in [0, 0.05) is 11.1 Å². The molecule has 0 bridgehead atoms. The molecule has 22 heavy (non-hydrogen) atoms. The largest absolute Gasteiger partial charge is 0.504 e. The Labute approximate surface area is 131 Å². The Morgan fingerprint density at radius 1 is 1.45 bits per heavy atom. The molecule has 0 saturated carbocycles. The number of benzene rings is 1. The van der Waals surface area contributed by atoms with Gasteiger partial charge in [0.2, 0.25) is 0 Å². The number of phenolic OH excluding ortho intramolecular Hbond substituents is 2. The van der Waals surface area contributed by atoms with E-state index in [4.69, 9.17) is 5.26 Å². The molecule has 0 spiro atoms. The maximum absolute atomic E-state index is 12.1. The fourth-order valence-electron chi connectivity index (χ4n) is 1.73. The normalized spacial score (nSPS) is 12.5. The van der Waals surface area contributed by atoms with Crippen molar-refractivity contribution in [3.05, 3.63) is 45.9 Å². The molecule has 0 aliphatic rings. The molecule has 0 radical (unpaired) electrons. The van der Waals surface area contributed by atoms with Gasteiger partial charge in [-0.1, -0.05) is 6.07 Å². The van der Waals surface area contributed by atoms with Crippen LogP contribution in [0.2, 0.25) is 0 Å².